The molecule has 0 saturated carbocycles. The van der Waals surface area contributed by atoms with E-state index in [0.29, 0.717) is 18.6 Å². The summed E-state index contributed by atoms with van der Waals surface area (Å²) in [5, 5.41) is 18.9. The molecule has 0 amide bonds. The van der Waals surface area contributed by atoms with E-state index in [9.17, 15) is 15.0 Å². The van der Waals surface area contributed by atoms with E-state index in [1.807, 2.05) is 12.2 Å². The van der Waals surface area contributed by atoms with Gasteiger partial charge in [0.05, 0.1) is 7.11 Å². The quantitative estimate of drug-likeness (QED) is 0.599. The van der Waals surface area contributed by atoms with Crippen LogP contribution in [0.5, 0.6) is 11.5 Å². The Bertz CT molecular complexity index is 589. The number of rotatable bonds is 7. The molecule has 4 nitrogen and oxygen atoms in total. The Hall–Kier alpha value is -2.07. The van der Waals surface area contributed by atoms with Gasteiger partial charge < -0.3 is 14.9 Å². The van der Waals surface area contributed by atoms with Gasteiger partial charge in [-0.05, 0) is 49.0 Å². The summed E-state index contributed by atoms with van der Waals surface area (Å²) < 4.78 is 5.06. The normalized spacial score (nSPS) is 20.8. The van der Waals surface area contributed by atoms with Crippen molar-refractivity contribution in [3.05, 3.63) is 48.1 Å². The van der Waals surface area contributed by atoms with Gasteiger partial charge in [0.1, 0.15) is 0 Å². The van der Waals surface area contributed by atoms with Crippen LogP contribution in [0.1, 0.15) is 24.8 Å². The van der Waals surface area contributed by atoms with E-state index in [-0.39, 0.29) is 30.0 Å². The van der Waals surface area contributed by atoms with Crippen molar-refractivity contribution in [1.82, 2.24) is 0 Å². The van der Waals surface area contributed by atoms with E-state index in [4.69, 9.17) is 4.74 Å². The largest absolute Gasteiger partial charge is 0.504 e. The molecule has 1 aromatic rings. The maximum absolute atomic E-state index is 12.0. The SMILES string of the molecule is COc1cc(CCC(=O)/C=C/[C@H]2CCC=C[C@@H]2CO)ccc1O. The van der Waals surface area contributed by atoms with Crippen LogP contribution in [0, 0.1) is 11.8 Å². The lowest BCUT2D eigenvalue weighted by atomic mass is 9.84. The fourth-order valence-corrected chi connectivity index (χ4v) is 2.81. The number of aliphatic hydroxyl groups is 1. The number of aryl methyl sites for hydroxylation is 1. The van der Waals surface area contributed by atoms with Crippen molar-refractivity contribution in [3.63, 3.8) is 0 Å². The molecule has 1 aliphatic carbocycles. The minimum atomic E-state index is 0.0725. The number of allylic oxidation sites excluding steroid dienone is 3. The average molecular weight is 316 g/mol. The van der Waals surface area contributed by atoms with Gasteiger partial charge in [0.25, 0.3) is 0 Å². The van der Waals surface area contributed by atoms with E-state index >= 15 is 0 Å². The number of aromatic hydroxyl groups is 1. The molecule has 0 spiro atoms. The Kier molecular flexibility index (Phi) is 6.41. The van der Waals surface area contributed by atoms with Crippen LogP contribution >= 0.6 is 0 Å². The predicted octanol–water partition coefficient (Wildman–Crippen LogP) is 3.03. The highest BCUT2D eigenvalue weighted by Crippen LogP contribution is 2.27. The molecule has 4 heteroatoms. The van der Waals surface area contributed by atoms with Crippen molar-refractivity contribution in [2.45, 2.75) is 25.7 Å². The topological polar surface area (TPSA) is 66.8 Å². The van der Waals surface area contributed by atoms with Gasteiger partial charge in [0, 0.05) is 18.9 Å². The summed E-state index contributed by atoms with van der Waals surface area (Å²) >= 11 is 0. The highest BCUT2D eigenvalue weighted by Gasteiger charge is 2.18. The average Bonchev–Trinajstić information content (AvgIpc) is 2.59. The third-order valence-corrected chi connectivity index (χ3v) is 4.24. The van der Waals surface area contributed by atoms with Gasteiger partial charge in [-0.2, -0.15) is 0 Å². The highest BCUT2D eigenvalue weighted by molar-refractivity contribution is 5.89. The predicted molar refractivity (Wildman–Crippen MR) is 89.6 cm³/mol. The summed E-state index contributed by atoms with van der Waals surface area (Å²) in [6.45, 7) is 0.118. The van der Waals surface area contributed by atoms with Crippen LogP contribution in [0.4, 0.5) is 0 Å². The molecule has 0 bridgehead atoms. The Balaban J connectivity index is 1.87. The number of hydrogen-bond acceptors (Lipinski definition) is 4. The molecule has 0 aromatic heterocycles. The third kappa shape index (κ3) is 4.96. The monoisotopic (exact) mass is 316 g/mol. The number of carbonyl (C=O) groups is 1. The number of aliphatic hydroxyl groups excluding tert-OH is 1. The van der Waals surface area contributed by atoms with Crippen LogP contribution in [0.3, 0.4) is 0 Å². The molecule has 23 heavy (non-hydrogen) atoms. The van der Waals surface area contributed by atoms with E-state index in [1.165, 1.54) is 7.11 Å². The number of hydrogen-bond donors (Lipinski definition) is 2. The van der Waals surface area contributed by atoms with Gasteiger partial charge in [0.15, 0.2) is 17.3 Å². The first-order valence-corrected chi connectivity index (χ1v) is 7.98. The molecule has 1 aromatic carbocycles. The van der Waals surface area contributed by atoms with Crippen LogP contribution in [-0.2, 0) is 11.2 Å². The number of phenols is 1. The fraction of sp³-hybridized carbons (Fsp3) is 0.421. The van der Waals surface area contributed by atoms with Gasteiger partial charge in [-0.3, -0.25) is 4.79 Å². The number of carbonyl (C=O) groups excluding carboxylic acids is 1. The van der Waals surface area contributed by atoms with Crippen LogP contribution < -0.4 is 4.74 Å². The molecule has 0 fully saturated rings. The van der Waals surface area contributed by atoms with E-state index in [1.54, 1.807) is 24.3 Å². The third-order valence-electron chi connectivity index (χ3n) is 4.24. The lowest BCUT2D eigenvalue weighted by molar-refractivity contribution is -0.114. The van der Waals surface area contributed by atoms with E-state index in [2.05, 4.69) is 6.08 Å². The Morgan fingerprint density at radius 3 is 3.00 bits per heavy atom. The first-order valence-electron chi connectivity index (χ1n) is 7.98. The molecule has 0 aliphatic heterocycles. The zero-order chi connectivity index (χ0) is 16.7. The van der Waals surface area contributed by atoms with Crippen molar-refractivity contribution >= 4 is 5.78 Å². The summed E-state index contributed by atoms with van der Waals surface area (Å²) in [7, 11) is 1.50. The van der Waals surface area contributed by atoms with E-state index < -0.39 is 0 Å². The van der Waals surface area contributed by atoms with Crippen molar-refractivity contribution in [1.29, 1.82) is 0 Å². The molecule has 124 valence electrons. The highest BCUT2D eigenvalue weighted by atomic mass is 16.5. The molecular weight excluding hydrogens is 292 g/mol. The first kappa shape index (κ1) is 17.3. The molecule has 0 heterocycles. The van der Waals surface area contributed by atoms with Crippen molar-refractivity contribution in [3.8, 4) is 11.5 Å². The number of ketones is 1. The lowest BCUT2D eigenvalue weighted by Crippen LogP contribution is -2.17. The standard InChI is InChI=1S/C19H24O4/c1-23-19-12-14(7-11-18(19)22)6-9-17(21)10-8-15-4-2-3-5-16(15)13-20/h3,5,7-8,10-12,15-16,20,22H,2,4,6,9,13H2,1H3/b10-8+/t15-,16-/m1/s1. The van der Waals surface area contributed by atoms with E-state index in [0.717, 1.165) is 18.4 Å². The molecule has 0 saturated heterocycles. The summed E-state index contributed by atoms with van der Waals surface area (Å²) in [5.41, 5.74) is 0.954. The molecule has 2 atom stereocenters. The summed E-state index contributed by atoms with van der Waals surface area (Å²) in [4.78, 5) is 12.0. The number of benzene rings is 1. The second-order valence-electron chi connectivity index (χ2n) is 5.85. The number of ether oxygens (including phenoxy) is 1. The zero-order valence-electron chi connectivity index (χ0n) is 13.4. The van der Waals surface area contributed by atoms with Crippen LogP contribution in [0.15, 0.2) is 42.5 Å². The second kappa shape index (κ2) is 8.53. The zero-order valence-corrected chi connectivity index (χ0v) is 13.4. The van der Waals surface area contributed by atoms with Crippen molar-refractivity contribution in [2.24, 2.45) is 11.8 Å². The molecular formula is C19H24O4. The number of phenolic OH excluding ortho intramolecular Hbond substituents is 1. The molecule has 2 N–H and O–H groups in total. The Morgan fingerprint density at radius 2 is 2.26 bits per heavy atom. The lowest BCUT2D eigenvalue weighted by Gasteiger charge is -2.22. The smallest absolute Gasteiger partial charge is 0.160 e. The summed E-state index contributed by atoms with van der Waals surface area (Å²) in [6.07, 6.45) is 10.7. The minimum absolute atomic E-state index is 0.0725. The first-order chi connectivity index (χ1) is 11.1. The van der Waals surface area contributed by atoms with Gasteiger partial charge in [-0.15, -0.1) is 0 Å². The molecule has 2 rings (SSSR count). The van der Waals surface area contributed by atoms with Gasteiger partial charge in [-0.25, -0.2) is 0 Å². The maximum Gasteiger partial charge on any atom is 0.160 e. The van der Waals surface area contributed by atoms with Crippen molar-refractivity contribution < 1.29 is 19.7 Å². The minimum Gasteiger partial charge on any atom is -0.504 e. The molecule has 0 unspecified atom stereocenters. The van der Waals surface area contributed by atoms with Gasteiger partial charge >= 0.3 is 0 Å². The second-order valence-corrected chi connectivity index (χ2v) is 5.85. The maximum atomic E-state index is 12.0. The Morgan fingerprint density at radius 1 is 1.43 bits per heavy atom. The van der Waals surface area contributed by atoms with Crippen LogP contribution in [0.25, 0.3) is 0 Å². The van der Waals surface area contributed by atoms with Crippen LogP contribution in [-0.4, -0.2) is 29.7 Å². The van der Waals surface area contributed by atoms with Gasteiger partial charge in [0.2, 0.25) is 0 Å². The van der Waals surface area contributed by atoms with Crippen LogP contribution in [0.2, 0.25) is 0 Å². The van der Waals surface area contributed by atoms with Gasteiger partial charge in [-0.1, -0.05) is 24.3 Å². The summed E-state index contributed by atoms with van der Waals surface area (Å²) in [6, 6.07) is 5.12. The fourth-order valence-electron chi connectivity index (χ4n) is 2.81. The molecule has 0 radical (unpaired) electrons. The van der Waals surface area contributed by atoms with Crippen molar-refractivity contribution in [2.75, 3.05) is 13.7 Å². The Labute approximate surface area is 137 Å². The molecule has 1 aliphatic rings. The number of methoxy groups -OCH3 is 1. The summed E-state index contributed by atoms with van der Waals surface area (Å²) in [5.74, 6) is 0.952.